The average Bonchev–Trinajstić information content (AvgIpc) is 2.21. The number of hydrogen-bond acceptors (Lipinski definition) is 2. The minimum absolute atomic E-state index is 0.0352. The number of nitrogens with one attached hydrogen (secondary N) is 1. The van der Waals surface area contributed by atoms with Crippen LogP contribution in [0, 0.1) is 0 Å². The number of amides is 1. The Labute approximate surface area is 102 Å². The van der Waals surface area contributed by atoms with Crippen molar-refractivity contribution < 1.29 is 4.79 Å². The minimum Gasteiger partial charge on any atom is -0.348 e. The van der Waals surface area contributed by atoms with E-state index in [9.17, 15) is 4.79 Å². The largest absolute Gasteiger partial charge is 0.348 e. The Balaban J connectivity index is 2.78. The topological polar surface area (TPSA) is 55.1 Å². The molecule has 0 spiro atoms. The second-order valence-corrected chi connectivity index (χ2v) is 4.50. The van der Waals surface area contributed by atoms with Gasteiger partial charge >= 0.3 is 0 Å². The lowest BCUT2D eigenvalue weighted by Crippen LogP contribution is -2.37. The van der Waals surface area contributed by atoms with Gasteiger partial charge in [-0.2, -0.15) is 0 Å². The van der Waals surface area contributed by atoms with Crippen LogP contribution in [0.3, 0.4) is 0 Å². The molecule has 1 atom stereocenters. The summed E-state index contributed by atoms with van der Waals surface area (Å²) in [5.41, 5.74) is 5.97. The molecule has 1 rings (SSSR count). The molecule has 0 radical (unpaired) electrons. The highest BCUT2D eigenvalue weighted by atomic mass is 79.9. The summed E-state index contributed by atoms with van der Waals surface area (Å²) in [6, 6.07) is 4.99. The van der Waals surface area contributed by atoms with E-state index < -0.39 is 0 Å². The number of hydrogen-bond donors (Lipinski definition) is 2. The summed E-state index contributed by atoms with van der Waals surface area (Å²) in [6.07, 6.45) is 0. The fraction of sp³-hybridized carbons (Fsp3) is 0.300. The Morgan fingerprint density at radius 3 is 2.87 bits per heavy atom. The highest BCUT2D eigenvalue weighted by molar-refractivity contribution is 9.10. The summed E-state index contributed by atoms with van der Waals surface area (Å²) in [5, 5.41) is 3.35. The second-order valence-electron chi connectivity index (χ2n) is 3.24. The number of benzene rings is 1. The van der Waals surface area contributed by atoms with Crippen LogP contribution in [-0.4, -0.2) is 18.5 Å². The first-order valence-corrected chi connectivity index (χ1v) is 5.67. The van der Waals surface area contributed by atoms with Gasteiger partial charge < -0.3 is 11.1 Å². The third-order valence-corrected chi connectivity index (χ3v) is 3.13. The van der Waals surface area contributed by atoms with E-state index in [2.05, 4.69) is 21.2 Å². The van der Waals surface area contributed by atoms with E-state index in [4.69, 9.17) is 17.3 Å². The van der Waals surface area contributed by atoms with Gasteiger partial charge in [0.05, 0.1) is 5.02 Å². The maximum atomic E-state index is 11.6. The zero-order valence-corrected chi connectivity index (χ0v) is 10.6. The summed E-state index contributed by atoms with van der Waals surface area (Å²) < 4.78 is 0.706. The summed E-state index contributed by atoms with van der Waals surface area (Å²) in [4.78, 5) is 11.6. The normalized spacial score (nSPS) is 12.3. The maximum Gasteiger partial charge on any atom is 0.251 e. The zero-order valence-electron chi connectivity index (χ0n) is 8.26. The summed E-state index contributed by atoms with van der Waals surface area (Å²) in [6.45, 7) is 2.27. The van der Waals surface area contributed by atoms with E-state index in [1.807, 2.05) is 6.92 Å². The molecule has 82 valence electrons. The third kappa shape index (κ3) is 3.48. The van der Waals surface area contributed by atoms with Gasteiger partial charge in [0.15, 0.2) is 0 Å². The SMILES string of the molecule is CC(CN)NC(=O)c1ccc(Cl)c(Br)c1. The Morgan fingerprint density at radius 1 is 1.67 bits per heavy atom. The van der Waals surface area contributed by atoms with E-state index in [1.165, 1.54) is 0 Å². The van der Waals surface area contributed by atoms with Crippen LogP contribution >= 0.6 is 27.5 Å². The van der Waals surface area contributed by atoms with Crippen molar-refractivity contribution in [2.45, 2.75) is 13.0 Å². The standard InChI is InChI=1S/C10H12BrClN2O/c1-6(5-13)14-10(15)7-2-3-9(12)8(11)4-7/h2-4,6H,5,13H2,1H3,(H,14,15). The number of carbonyl (C=O) groups excluding carboxylic acids is 1. The van der Waals surface area contributed by atoms with Gasteiger partial charge in [-0.1, -0.05) is 11.6 Å². The Hall–Kier alpha value is -0.580. The van der Waals surface area contributed by atoms with Gasteiger partial charge in [0.2, 0.25) is 0 Å². The molecule has 0 aromatic heterocycles. The molecular weight excluding hydrogens is 279 g/mol. The van der Waals surface area contributed by atoms with Crippen molar-refractivity contribution in [3.8, 4) is 0 Å². The highest BCUT2D eigenvalue weighted by Gasteiger charge is 2.09. The van der Waals surface area contributed by atoms with Crippen LogP contribution in [0.15, 0.2) is 22.7 Å². The molecule has 0 saturated heterocycles. The summed E-state index contributed by atoms with van der Waals surface area (Å²) in [5.74, 6) is -0.148. The highest BCUT2D eigenvalue weighted by Crippen LogP contribution is 2.23. The average molecular weight is 292 g/mol. The predicted molar refractivity (Wildman–Crippen MR) is 65.1 cm³/mol. The molecule has 0 aliphatic heterocycles. The molecule has 1 unspecified atom stereocenters. The number of halogens is 2. The van der Waals surface area contributed by atoms with E-state index in [0.717, 1.165) is 0 Å². The van der Waals surface area contributed by atoms with Gasteiger partial charge in [-0.25, -0.2) is 0 Å². The van der Waals surface area contributed by atoms with Gasteiger partial charge in [-0.15, -0.1) is 0 Å². The maximum absolute atomic E-state index is 11.6. The molecule has 0 aliphatic carbocycles. The molecule has 0 heterocycles. The van der Waals surface area contributed by atoms with E-state index in [-0.39, 0.29) is 11.9 Å². The minimum atomic E-state index is -0.148. The van der Waals surface area contributed by atoms with Crippen molar-refractivity contribution in [2.75, 3.05) is 6.54 Å². The Kier molecular flexibility index (Phi) is 4.57. The van der Waals surface area contributed by atoms with Crippen LogP contribution in [0.4, 0.5) is 0 Å². The molecule has 1 aromatic rings. The van der Waals surface area contributed by atoms with E-state index in [0.29, 0.717) is 21.6 Å². The fourth-order valence-electron chi connectivity index (χ4n) is 1.00. The predicted octanol–water partition coefficient (Wildman–Crippen LogP) is 2.18. The molecular formula is C10H12BrClN2O. The smallest absolute Gasteiger partial charge is 0.251 e. The lowest BCUT2D eigenvalue weighted by atomic mass is 10.2. The molecule has 0 fully saturated rings. The molecule has 15 heavy (non-hydrogen) atoms. The van der Waals surface area contributed by atoms with Crippen LogP contribution in [0.25, 0.3) is 0 Å². The second kappa shape index (κ2) is 5.49. The Morgan fingerprint density at radius 2 is 2.33 bits per heavy atom. The molecule has 1 amide bonds. The van der Waals surface area contributed by atoms with Crippen molar-refractivity contribution in [3.63, 3.8) is 0 Å². The van der Waals surface area contributed by atoms with Crippen molar-refractivity contribution in [1.29, 1.82) is 0 Å². The van der Waals surface area contributed by atoms with Crippen molar-refractivity contribution in [1.82, 2.24) is 5.32 Å². The van der Waals surface area contributed by atoms with E-state index in [1.54, 1.807) is 18.2 Å². The van der Waals surface area contributed by atoms with Gasteiger partial charge in [0, 0.05) is 22.6 Å². The van der Waals surface area contributed by atoms with Crippen LogP contribution < -0.4 is 11.1 Å². The number of nitrogens with two attached hydrogens (primary N) is 1. The van der Waals surface area contributed by atoms with Gasteiger partial charge in [0.1, 0.15) is 0 Å². The molecule has 3 N–H and O–H groups in total. The van der Waals surface area contributed by atoms with Crippen molar-refractivity contribution >= 4 is 33.4 Å². The summed E-state index contributed by atoms with van der Waals surface area (Å²) >= 11 is 9.08. The first-order valence-electron chi connectivity index (χ1n) is 4.50. The molecule has 0 aliphatic rings. The van der Waals surface area contributed by atoms with Gasteiger partial charge in [-0.3, -0.25) is 4.79 Å². The lowest BCUT2D eigenvalue weighted by Gasteiger charge is -2.11. The van der Waals surface area contributed by atoms with Crippen molar-refractivity contribution in [3.05, 3.63) is 33.3 Å². The van der Waals surface area contributed by atoms with Crippen LogP contribution in [-0.2, 0) is 0 Å². The first kappa shape index (κ1) is 12.5. The third-order valence-electron chi connectivity index (χ3n) is 1.91. The first-order chi connectivity index (χ1) is 7.04. The van der Waals surface area contributed by atoms with E-state index >= 15 is 0 Å². The van der Waals surface area contributed by atoms with Crippen LogP contribution in [0.2, 0.25) is 5.02 Å². The number of carbonyl (C=O) groups is 1. The lowest BCUT2D eigenvalue weighted by molar-refractivity contribution is 0.0941. The van der Waals surface area contributed by atoms with Crippen molar-refractivity contribution in [2.24, 2.45) is 5.73 Å². The molecule has 5 heteroatoms. The zero-order chi connectivity index (χ0) is 11.4. The van der Waals surface area contributed by atoms with Crippen LogP contribution in [0.1, 0.15) is 17.3 Å². The molecule has 1 aromatic carbocycles. The Bertz CT molecular complexity index is 370. The van der Waals surface area contributed by atoms with Gasteiger partial charge in [0.25, 0.3) is 5.91 Å². The molecule has 3 nitrogen and oxygen atoms in total. The quantitative estimate of drug-likeness (QED) is 0.897. The number of rotatable bonds is 3. The van der Waals surface area contributed by atoms with Gasteiger partial charge in [-0.05, 0) is 41.1 Å². The fourth-order valence-corrected chi connectivity index (χ4v) is 1.50. The summed E-state index contributed by atoms with van der Waals surface area (Å²) in [7, 11) is 0. The monoisotopic (exact) mass is 290 g/mol. The molecule has 0 saturated carbocycles. The van der Waals surface area contributed by atoms with Crippen LogP contribution in [0.5, 0.6) is 0 Å². The molecule has 0 bridgehead atoms.